The molecule has 0 unspecified atom stereocenters. The fourth-order valence-corrected chi connectivity index (χ4v) is 1.14. The molecule has 2 aromatic rings. The van der Waals surface area contributed by atoms with E-state index in [1.165, 1.54) is 0 Å². The summed E-state index contributed by atoms with van der Waals surface area (Å²) in [6, 6.07) is 6.51. The van der Waals surface area contributed by atoms with Gasteiger partial charge in [0.15, 0.2) is 6.33 Å². The fourth-order valence-electron chi connectivity index (χ4n) is 1.14. The Morgan fingerprint density at radius 1 is 1.36 bits per heavy atom. The lowest BCUT2D eigenvalue weighted by molar-refractivity contribution is 0.0697. The van der Waals surface area contributed by atoms with Crippen molar-refractivity contribution in [3.8, 4) is 5.69 Å². The monoisotopic (exact) mass is 187 g/mol. The van der Waals surface area contributed by atoms with Gasteiger partial charge in [0.05, 0.1) is 5.56 Å². The molecule has 0 saturated carbocycles. The molecule has 0 saturated heterocycles. The van der Waals surface area contributed by atoms with Crippen LogP contribution in [0.15, 0.2) is 36.7 Å². The molecule has 2 rings (SSSR count). The number of carboxylic acids is 1. The SMILES string of the molecule is O=C(O)c1ccc(-n2[c]ncc2)cc1. The Bertz CT molecular complexity index is 432. The number of rotatable bonds is 2. The van der Waals surface area contributed by atoms with E-state index in [-0.39, 0.29) is 5.56 Å². The number of hydrogen-bond acceptors (Lipinski definition) is 2. The second-order valence-corrected chi connectivity index (χ2v) is 2.75. The zero-order chi connectivity index (χ0) is 9.97. The Hall–Kier alpha value is -2.10. The molecule has 4 nitrogen and oxygen atoms in total. The molecule has 0 bridgehead atoms. The van der Waals surface area contributed by atoms with Crippen molar-refractivity contribution in [1.29, 1.82) is 0 Å². The van der Waals surface area contributed by atoms with Crippen molar-refractivity contribution in [2.45, 2.75) is 0 Å². The van der Waals surface area contributed by atoms with Gasteiger partial charge in [-0.15, -0.1) is 0 Å². The largest absolute Gasteiger partial charge is 0.478 e. The first-order valence-corrected chi connectivity index (χ1v) is 4.02. The Morgan fingerprint density at radius 2 is 2.07 bits per heavy atom. The van der Waals surface area contributed by atoms with Crippen molar-refractivity contribution in [1.82, 2.24) is 9.55 Å². The Labute approximate surface area is 80.4 Å². The van der Waals surface area contributed by atoms with Crippen LogP contribution in [0.5, 0.6) is 0 Å². The van der Waals surface area contributed by atoms with Crippen LogP contribution in [0.2, 0.25) is 0 Å². The van der Waals surface area contributed by atoms with Crippen LogP contribution in [0.4, 0.5) is 0 Å². The van der Waals surface area contributed by atoms with Gasteiger partial charge >= 0.3 is 5.97 Å². The first-order chi connectivity index (χ1) is 6.77. The van der Waals surface area contributed by atoms with E-state index in [4.69, 9.17) is 5.11 Å². The molecule has 1 aromatic carbocycles. The third-order valence-electron chi connectivity index (χ3n) is 1.85. The predicted molar refractivity (Wildman–Crippen MR) is 49.4 cm³/mol. The van der Waals surface area contributed by atoms with Crippen LogP contribution < -0.4 is 0 Å². The summed E-state index contributed by atoms with van der Waals surface area (Å²) in [6.45, 7) is 0. The van der Waals surface area contributed by atoms with E-state index in [1.54, 1.807) is 41.2 Å². The Kier molecular flexibility index (Phi) is 2.02. The second-order valence-electron chi connectivity index (χ2n) is 2.75. The maximum atomic E-state index is 10.6. The molecule has 1 radical (unpaired) electrons. The van der Waals surface area contributed by atoms with E-state index < -0.39 is 5.97 Å². The standard InChI is InChI=1S/C10H7N2O2/c13-10(14)8-1-3-9(4-2-8)12-6-5-11-7-12/h1-6H,(H,13,14). The zero-order valence-corrected chi connectivity index (χ0v) is 7.21. The van der Waals surface area contributed by atoms with Crippen LogP contribution >= 0.6 is 0 Å². The smallest absolute Gasteiger partial charge is 0.335 e. The highest BCUT2D eigenvalue weighted by atomic mass is 16.4. The van der Waals surface area contributed by atoms with Gasteiger partial charge in [-0.25, -0.2) is 9.78 Å². The number of carboxylic acid groups (broad SMARTS) is 1. The molecule has 0 aliphatic heterocycles. The first kappa shape index (κ1) is 8.50. The van der Waals surface area contributed by atoms with E-state index in [0.717, 1.165) is 5.69 Å². The van der Waals surface area contributed by atoms with E-state index >= 15 is 0 Å². The van der Waals surface area contributed by atoms with Gasteiger partial charge in [0.2, 0.25) is 0 Å². The van der Waals surface area contributed by atoms with Crippen molar-refractivity contribution in [3.63, 3.8) is 0 Å². The lowest BCUT2D eigenvalue weighted by atomic mass is 10.2. The molecular weight excluding hydrogens is 180 g/mol. The van der Waals surface area contributed by atoms with Gasteiger partial charge < -0.3 is 5.11 Å². The predicted octanol–water partition coefficient (Wildman–Crippen LogP) is 1.37. The van der Waals surface area contributed by atoms with Crippen LogP contribution in [0, 0.1) is 6.33 Å². The molecule has 0 atom stereocenters. The van der Waals surface area contributed by atoms with Gasteiger partial charge in [-0.1, -0.05) is 0 Å². The molecule has 1 N–H and O–H groups in total. The number of carbonyl (C=O) groups is 1. The molecule has 4 heteroatoms. The van der Waals surface area contributed by atoms with Gasteiger partial charge in [0.1, 0.15) is 0 Å². The molecule has 14 heavy (non-hydrogen) atoms. The van der Waals surface area contributed by atoms with Gasteiger partial charge in [0.25, 0.3) is 0 Å². The van der Waals surface area contributed by atoms with Crippen molar-refractivity contribution < 1.29 is 9.90 Å². The molecule has 69 valence electrons. The van der Waals surface area contributed by atoms with E-state index in [1.807, 2.05) is 0 Å². The fraction of sp³-hybridized carbons (Fsp3) is 0. The molecule has 0 fully saturated rings. The number of aromatic carboxylic acids is 1. The Balaban J connectivity index is 2.36. The van der Waals surface area contributed by atoms with Gasteiger partial charge in [0, 0.05) is 18.1 Å². The summed E-state index contributed by atoms with van der Waals surface area (Å²) >= 11 is 0. The second kappa shape index (κ2) is 3.33. The van der Waals surface area contributed by atoms with E-state index in [0.29, 0.717) is 0 Å². The topological polar surface area (TPSA) is 55.1 Å². The minimum atomic E-state index is -0.925. The summed E-state index contributed by atoms with van der Waals surface area (Å²) in [5, 5.41) is 8.68. The minimum Gasteiger partial charge on any atom is -0.478 e. The minimum absolute atomic E-state index is 0.272. The van der Waals surface area contributed by atoms with Crippen molar-refractivity contribution in [2.24, 2.45) is 0 Å². The number of aromatic nitrogens is 2. The summed E-state index contributed by atoms with van der Waals surface area (Å²) in [6.07, 6.45) is 6.08. The summed E-state index contributed by atoms with van der Waals surface area (Å²) < 4.78 is 1.69. The normalized spacial score (nSPS) is 10.0. The number of nitrogens with zero attached hydrogens (tertiary/aromatic N) is 2. The highest BCUT2D eigenvalue weighted by molar-refractivity contribution is 5.87. The Morgan fingerprint density at radius 3 is 2.57 bits per heavy atom. The third-order valence-corrected chi connectivity index (χ3v) is 1.85. The molecule has 0 aliphatic carbocycles. The highest BCUT2D eigenvalue weighted by Gasteiger charge is 2.01. The van der Waals surface area contributed by atoms with Gasteiger partial charge in [-0.2, -0.15) is 0 Å². The lowest BCUT2D eigenvalue weighted by Crippen LogP contribution is -1.97. The summed E-state index contributed by atoms with van der Waals surface area (Å²) in [4.78, 5) is 14.3. The summed E-state index contributed by atoms with van der Waals surface area (Å²) in [5.41, 5.74) is 1.11. The average molecular weight is 187 g/mol. The molecule has 0 aliphatic rings. The van der Waals surface area contributed by atoms with Crippen molar-refractivity contribution in [2.75, 3.05) is 0 Å². The number of benzene rings is 1. The van der Waals surface area contributed by atoms with Crippen LogP contribution in [-0.4, -0.2) is 20.6 Å². The van der Waals surface area contributed by atoms with Crippen LogP contribution in [0.1, 0.15) is 10.4 Å². The van der Waals surface area contributed by atoms with Gasteiger partial charge in [-0.05, 0) is 24.3 Å². The molecule has 1 heterocycles. The summed E-state index contributed by atoms with van der Waals surface area (Å²) in [7, 11) is 0. The third kappa shape index (κ3) is 1.50. The number of hydrogen-bond donors (Lipinski definition) is 1. The van der Waals surface area contributed by atoms with Crippen LogP contribution in [-0.2, 0) is 0 Å². The first-order valence-electron chi connectivity index (χ1n) is 4.02. The maximum Gasteiger partial charge on any atom is 0.335 e. The molecule has 0 spiro atoms. The summed E-state index contributed by atoms with van der Waals surface area (Å²) in [5.74, 6) is -0.925. The number of imidazole rings is 1. The van der Waals surface area contributed by atoms with Crippen LogP contribution in [0.3, 0.4) is 0 Å². The van der Waals surface area contributed by atoms with Crippen LogP contribution in [0.25, 0.3) is 5.69 Å². The lowest BCUT2D eigenvalue weighted by Gasteiger charge is -2.00. The van der Waals surface area contributed by atoms with E-state index in [9.17, 15) is 4.79 Å². The molecular formula is C10H7N2O2. The van der Waals surface area contributed by atoms with Crippen molar-refractivity contribution >= 4 is 5.97 Å². The van der Waals surface area contributed by atoms with Crippen molar-refractivity contribution in [3.05, 3.63) is 48.5 Å². The maximum absolute atomic E-state index is 10.6. The highest BCUT2D eigenvalue weighted by Crippen LogP contribution is 2.08. The average Bonchev–Trinajstić information content (AvgIpc) is 2.71. The zero-order valence-electron chi connectivity index (χ0n) is 7.21. The quantitative estimate of drug-likeness (QED) is 0.772. The van der Waals surface area contributed by atoms with E-state index in [2.05, 4.69) is 11.3 Å². The molecule has 1 aromatic heterocycles. The van der Waals surface area contributed by atoms with Gasteiger partial charge in [-0.3, -0.25) is 4.57 Å². The molecule has 0 amide bonds.